The third kappa shape index (κ3) is 4.80. The van der Waals surface area contributed by atoms with E-state index in [0.717, 1.165) is 17.5 Å². The zero-order valence-corrected chi connectivity index (χ0v) is 14.5. The second kappa shape index (κ2) is 8.62. The normalized spacial score (nSPS) is 10.8. The van der Waals surface area contributed by atoms with Crippen LogP contribution in [0.2, 0.25) is 0 Å². The maximum Gasteiger partial charge on any atom is 0.319 e. The minimum atomic E-state index is -0.215. The van der Waals surface area contributed by atoms with Gasteiger partial charge >= 0.3 is 6.03 Å². The van der Waals surface area contributed by atoms with Gasteiger partial charge in [0.1, 0.15) is 0 Å². The summed E-state index contributed by atoms with van der Waals surface area (Å²) in [5, 5.41) is 9.53. The Kier molecular flexibility index (Phi) is 5.77. The van der Waals surface area contributed by atoms with E-state index in [-0.39, 0.29) is 6.03 Å². The van der Waals surface area contributed by atoms with Crippen LogP contribution in [0.4, 0.5) is 10.5 Å². The highest BCUT2D eigenvalue weighted by Gasteiger charge is 2.07. The molecule has 2 aromatic carbocycles. The highest BCUT2D eigenvalue weighted by atomic mass is 16.5. The lowest BCUT2D eigenvalue weighted by Gasteiger charge is -2.06. The molecule has 0 atom stereocenters. The van der Waals surface area contributed by atoms with Crippen LogP contribution in [0.1, 0.15) is 24.8 Å². The minimum absolute atomic E-state index is 0.215. The minimum Gasteiger partial charge on any atom is -0.338 e. The first-order valence-corrected chi connectivity index (χ1v) is 8.47. The number of carbonyl (C=O) groups is 1. The summed E-state index contributed by atoms with van der Waals surface area (Å²) in [5.74, 6) is 0.935. The van der Waals surface area contributed by atoms with Gasteiger partial charge in [-0.15, -0.1) is 0 Å². The van der Waals surface area contributed by atoms with Crippen LogP contribution in [0.15, 0.2) is 59.1 Å². The second-order valence-corrected chi connectivity index (χ2v) is 5.66. The number of anilines is 1. The van der Waals surface area contributed by atoms with E-state index in [9.17, 15) is 4.79 Å². The fourth-order valence-corrected chi connectivity index (χ4v) is 2.27. The lowest BCUT2D eigenvalue weighted by atomic mass is 10.2. The van der Waals surface area contributed by atoms with Crippen molar-refractivity contribution >= 4 is 23.9 Å². The summed E-state index contributed by atoms with van der Waals surface area (Å²) in [6.07, 6.45) is 4.59. The zero-order valence-electron chi connectivity index (χ0n) is 14.5. The molecule has 0 spiro atoms. The second-order valence-electron chi connectivity index (χ2n) is 5.66. The average Bonchev–Trinajstić information content (AvgIpc) is 3.15. The number of carbonyl (C=O) groups excluding carboxylic acids is 1. The Morgan fingerprint density at radius 2 is 1.85 bits per heavy atom. The zero-order chi connectivity index (χ0) is 18.2. The van der Waals surface area contributed by atoms with Crippen molar-refractivity contribution in [2.75, 3.05) is 11.9 Å². The number of hydrogen-bond donors (Lipinski definition) is 2. The van der Waals surface area contributed by atoms with Crippen LogP contribution in [-0.2, 0) is 0 Å². The number of benzene rings is 2. The van der Waals surface area contributed by atoms with E-state index in [1.54, 1.807) is 18.2 Å². The monoisotopic (exact) mass is 348 g/mol. The van der Waals surface area contributed by atoms with E-state index in [1.165, 1.54) is 0 Å². The molecule has 1 heterocycles. The van der Waals surface area contributed by atoms with Gasteiger partial charge in [-0.2, -0.15) is 4.98 Å². The summed E-state index contributed by atoms with van der Waals surface area (Å²) in [4.78, 5) is 16.0. The van der Waals surface area contributed by atoms with Crippen molar-refractivity contribution < 1.29 is 9.32 Å². The summed E-state index contributed by atoms with van der Waals surface area (Å²) >= 11 is 0. The first-order chi connectivity index (χ1) is 12.7. The van der Waals surface area contributed by atoms with E-state index >= 15 is 0 Å². The van der Waals surface area contributed by atoms with Crippen molar-refractivity contribution in [3.63, 3.8) is 0 Å². The van der Waals surface area contributed by atoms with Crippen LogP contribution in [0.5, 0.6) is 0 Å². The number of nitrogens with one attached hydrogen (secondary N) is 2. The van der Waals surface area contributed by atoms with E-state index in [1.807, 2.05) is 55.5 Å². The molecule has 0 radical (unpaired) electrons. The Morgan fingerprint density at radius 1 is 1.08 bits per heavy atom. The predicted octanol–water partition coefficient (Wildman–Crippen LogP) is 4.44. The van der Waals surface area contributed by atoms with Crippen molar-refractivity contribution in [2.45, 2.75) is 13.3 Å². The molecule has 0 saturated carbocycles. The molecule has 0 aliphatic carbocycles. The molecule has 2 amide bonds. The number of urea groups is 1. The Balaban J connectivity index is 1.64. The van der Waals surface area contributed by atoms with Gasteiger partial charge in [0.25, 0.3) is 5.89 Å². The van der Waals surface area contributed by atoms with E-state index < -0.39 is 0 Å². The number of hydrogen-bond acceptors (Lipinski definition) is 4. The summed E-state index contributed by atoms with van der Waals surface area (Å²) in [7, 11) is 0. The molecule has 0 fully saturated rings. The van der Waals surface area contributed by atoms with Crippen LogP contribution in [-0.4, -0.2) is 22.7 Å². The lowest BCUT2D eigenvalue weighted by molar-refractivity contribution is 0.252. The molecule has 0 unspecified atom stereocenters. The smallest absolute Gasteiger partial charge is 0.319 e. The number of aromatic nitrogens is 2. The fraction of sp³-hybridized carbons (Fsp3) is 0.150. The predicted molar refractivity (Wildman–Crippen MR) is 102 cm³/mol. The maximum absolute atomic E-state index is 11.6. The molecule has 26 heavy (non-hydrogen) atoms. The van der Waals surface area contributed by atoms with Crippen LogP contribution < -0.4 is 10.6 Å². The van der Waals surface area contributed by atoms with Gasteiger partial charge < -0.3 is 15.2 Å². The topological polar surface area (TPSA) is 80.0 Å². The molecule has 3 rings (SSSR count). The molecular formula is C20H20N4O2. The van der Waals surface area contributed by atoms with Crippen LogP contribution >= 0.6 is 0 Å². The Hall–Kier alpha value is -3.41. The third-order valence-corrected chi connectivity index (χ3v) is 3.60. The van der Waals surface area contributed by atoms with Crippen molar-refractivity contribution in [1.82, 2.24) is 15.5 Å². The van der Waals surface area contributed by atoms with Crippen LogP contribution in [0, 0.1) is 0 Å². The standard InChI is InChI=1S/C20H20N4O2/c1-2-14-21-20(25)22-17-11-9-16(10-12-17)19-23-18(26-24-19)13-8-15-6-4-3-5-7-15/h3-13H,2,14H2,1H3,(H2,21,22,25). The van der Waals surface area contributed by atoms with Crippen LogP contribution in [0.3, 0.4) is 0 Å². The van der Waals surface area contributed by atoms with Gasteiger partial charge in [0.2, 0.25) is 5.82 Å². The summed E-state index contributed by atoms with van der Waals surface area (Å²) in [6, 6.07) is 17.0. The van der Waals surface area contributed by atoms with E-state index in [0.29, 0.717) is 23.9 Å². The molecule has 0 saturated heterocycles. The summed E-state index contributed by atoms with van der Waals surface area (Å²) in [6.45, 7) is 2.65. The first kappa shape index (κ1) is 17.4. The maximum atomic E-state index is 11.6. The third-order valence-electron chi connectivity index (χ3n) is 3.60. The van der Waals surface area contributed by atoms with Crippen molar-refractivity contribution in [1.29, 1.82) is 0 Å². The summed E-state index contributed by atoms with van der Waals surface area (Å²) in [5.41, 5.74) is 2.58. The molecule has 3 aromatic rings. The van der Waals surface area contributed by atoms with Gasteiger partial charge in [0, 0.05) is 23.9 Å². The molecule has 0 bridgehead atoms. The largest absolute Gasteiger partial charge is 0.338 e. The summed E-state index contributed by atoms with van der Waals surface area (Å²) < 4.78 is 5.25. The molecule has 6 heteroatoms. The molecule has 2 N–H and O–H groups in total. The fourth-order valence-electron chi connectivity index (χ4n) is 2.27. The van der Waals surface area contributed by atoms with Gasteiger partial charge in [-0.3, -0.25) is 0 Å². The number of amides is 2. The van der Waals surface area contributed by atoms with Crippen molar-refractivity contribution in [2.24, 2.45) is 0 Å². The van der Waals surface area contributed by atoms with Crippen molar-refractivity contribution in [3.05, 3.63) is 66.1 Å². The number of nitrogens with zero attached hydrogens (tertiary/aromatic N) is 2. The Bertz CT molecular complexity index is 870. The first-order valence-electron chi connectivity index (χ1n) is 8.47. The quantitative estimate of drug-likeness (QED) is 0.690. The molecule has 1 aromatic heterocycles. The van der Waals surface area contributed by atoms with E-state index in [4.69, 9.17) is 4.52 Å². The van der Waals surface area contributed by atoms with Gasteiger partial charge in [0.15, 0.2) is 0 Å². The SMILES string of the molecule is CCCNC(=O)Nc1ccc(-c2noc(C=Cc3ccccc3)n2)cc1. The highest BCUT2D eigenvalue weighted by molar-refractivity contribution is 5.89. The Labute approximate surface area is 151 Å². The van der Waals surface area contributed by atoms with Crippen molar-refractivity contribution in [3.8, 4) is 11.4 Å². The van der Waals surface area contributed by atoms with Gasteiger partial charge in [-0.05, 0) is 42.3 Å². The van der Waals surface area contributed by atoms with Crippen LogP contribution in [0.25, 0.3) is 23.5 Å². The lowest BCUT2D eigenvalue weighted by Crippen LogP contribution is -2.29. The van der Waals surface area contributed by atoms with Gasteiger partial charge in [-0.25, -0.2) is 4.79 Å². The van der Waals surface area contributed by atoms with Gasteiger partial charge in [0.05, 0.1) is 0 Å². The molecule has 132 valence electrons. The highest BCUT2D eigenvalue weighted by Crippen LogP contribution is 2.19. The van der Waals surface area contributed by atoms with E-state index in [2.05, 4.69) is 20.8 Å². The molecule has 0 aliphatic rings. The molecule has 6 nitrogen and oxygen atoms in total. The average molecular weight is 348 g/mol. The van der Waals surface area contributed by atoms with Gasteiger partial charge in [-0.1, -0.05) is 42.4 Å². The molecular weight excluding hydrogens is 328 g/mol. The molecule has 0 aliphatic heterocycles. The number of rotatable bonds is 6. The Morgan fingerprint density at radius 3 is 2.58 bits per heavy atom.